The first-order valence-corrected chi connectivity index (χ1v) is 10.2. The van der Waals surface area contributed by atoms with E-state index in [4.69, 9.17) is 4.74 Å². The number of amides is 2. The minimum atomic E-state index is -0.639. The van der Waals surface area contributed by atoms with Gasteiger partial charge in [0.1, 0.15) is 24.1 Å². The van der Waals surface area contributed by atoms with Gasteiger partial charge in [0.15, 0.2) is 0 Å². The van der Waals surface area contributed by atoms with Gasteiger partial charge in [-0.1, -0.05) is 30.3 Å². The van der Waals surface area contributed by atoms with Crippen LogP contribution >= 0.6 is 11.8 Å². The van der Waals surface area contributed by atoms with Gasteiger partial charge >= 0.3 is 5.97 Å². The third-order valence-corrected chi connectivity index (χ3v) is 6.54. The van der Waals surface area contributed by atoms with E-state index in [-0.39, 0.29) is 36.2 Å². The Kier molecular flexibility index (Phi) is 6.00. The number of benzene rings is 1. The lowest BCUT2D eigenvalue weighted by atomic mass is 9.96. The molecule has 3 atom stereocenters. The van der Waals surface area contributed by atoms with E-state index in [1.54, 1.807) is 4.90 Å². The van der Waals surface area contributed by atoms with E-state index in [1.807, 2.05) is 63.2 Å². The van der Waals surface area contributed by atoms with Gasteiger partial charge in [0.25, 0.3) is 0 Å². The fraction of sp³-hybridized carbons (Fsp3) is 0.550. The summed E-state index contributed by atoms with van der Waals surface area (Å²) in [5.74, 6) is -0.803. The molecule has 0 aliphatic carbocycles. The van der Waals surface area contributed by atoms with Crippen molar-refractivity contribution < 1.29 is 19.1 Å². The molecule has 0 unspecified atom stereocenters. The van der Waals surface area contributed by atoms with E-state index in [0.29, 0.717) is 6.54 Å². The van der Waals surface area contributed by atoms with Gasteiger partial charge < -0.3 is 19.9 Å². The van der Waals surface area contributed by atoms with E-state index in [1.165, 1.54) is 11.8 Å². The number of β-lactam (4-membered cyclic amide) rings is 1. The monoisotopic (exact) mass is 405 g/mol. The number of fused-ring (bicyclic) bond motifs is 1. The maximum Gasteiger partial charge on any atom is 0.330 e. The van der Waals surface area contributed by atoms with Crippen LogP contribution in [0, 0.1) is 0 Å². The predicted molar refractivity (Wildman–Crippen MR) is 108 cm³/mol. The van der Waals surface area contributed by atoms with E-state index in [0.717, 1.165) is 5.56 Å². The maximum atomic E-state index is 12.7. The molecule has 3 rings (SSSR count). The summed E-state index contributed by atoms with van der Waals surface area (Å²) in [6.07, 6.45) is 0.224. The summed E-state index contributed by atoms with van der Waals surface area (Å²) in [5, 5.41) is 2.59. The molecule has 152 valence electrons. The SMILES string of the molecule is CN(C)CCOC(=O)[C@@H]1N2C(=O)[C@@H](NC(=O)Cc3ccccc3)[C@H]2SC1(C)C. The molecule has 2 aliphatic heterocycles. The standard InChI is InChI=1S/C20H27N3O4S/c1-20(2)16(19(26)27-11-10-22(3)4)23-17(25)15(18(23)28-20)21-14(24)12-13-8-6-5-7-9-13/h5-9,15-16,18H,10-12H2,1-4H3,(H,21,24)/t15-,16+,18-/m1/s1. The number of hydrogen-bond acceptors (Lipinski definition) is 6. The molecule has 2 amide bonds. The Bertz CT molecular complexity index is 753. The normalized spacial score (nSPS) is 25.2. The lowest BCUT2D eigenvalue weighted by Gasteiger charge is -2.44. The molecule has 7 nitrogen and oxygen atoms in total. The molecular weight excluding hydrogens is 378 g/mol. The van der Waals surface area contributed by atoms with Gasteiger partial charge in [0, 0.05) is 11.3 Å². The first-order valence-electron chi connectivity index (χ1n) is 9.35. The molecule has 0 spiro atoms. The number of esters is 1. The summed E-state index contributed by atoms with van der Waals surface area (Å²) in [6.45, 7) is 4.78. The molecule has 1 N–H and O–H groups in total. The molecule has 2 heterocycles. The Balaban J connectivity index is 1.61. The van der Waals surface area contributed by atoms with E-state index in [2.05, 4.69) is 5.32 Å². The lowest BCUT2D eigenvalue weighted by Crippen LogP contribution is -2.70. The van der Waals surface area contributed by atoms with Gasteiger partial charge in [0.2, 0.25) is 11.8 Å². The smallest absolute Gasteiger partial charge is 0.330 e. The van der Waals surface area contributed by atoms with Gasteiger partial charge in [-0.3, -0.25) is 9.59 Å². The van der Waals surface area contributed by atoms with Gasteiger partial charge in [-0.15, -0.1) is 11.8 Å². The summed E-state index contributed by atoms with van der Waals surface area (Å²) in [5.41, 5.74) is 0.894. The molecule has 1 aromatic carbocycles. The highest BCUT2D eigenvalue weighted by molar-refractivity contribution is 8.01. The van der Waals surface area contributed by atoms with Crippen LogP contribution in [0.3, 0.4) is 0 Å². The first kappa shape index (κ1) is 20.7. The molecule has 8 heteroatoms. The topological polar surface area (TPSA) is 79.0 Å². The molecule has 0 aromatic heterocycles. The van der Waals surface area contributed by atoms with E-state index >= 15 is 0 Å². The Labute approximate surface area is 169 Å². The number of nitrogens with zero attached hydrogens (tertiary/aromatic N) is 2. The third-order valence-electron chi connectivity index (χ3n) is 4.97. The Morgan fingerprint density at radius 3 is 2.57 bits per heavy atom. The van der Waals surface area contributed by atoms with Gasteiger partial charge in [-0.25, -0.2) is 4.79 Å². The average molecular weight is 406 g/mol. The first-order chi connectivity index (χ1) is 13.2. The zero-order chi connectivity index (χ0) is 20.5. The second kappa shape index (κ2) is 8.13. The van der Waals surface area contributed by atoms with Crippen LogP contribution in [0.25, 0.3) is 0 Å². The highest BCUT2D eigenvalue weighted by Gasteiger charge is 2.64. The number of likely N-dealkylation sites (N-methyl/N-ethyl adjacent to an activating group) is 1. The van der Waals surface area contributed by atoms with Crippen LogP contribution < -0.4 is 5.32 Å². The number of nitrogens with one attached hydrogen (secondary N) is 1. The number of hydrogen-bond donors (Lipinski definition) is 1. The molecule has 0 saturated carbocycles. The van der Waals surface area contributed by atoms with Crippen molar-refractivity contribution in [2.24, 2.45) is 0 Å². The Hall–Kier alpha value is -2.06. The van der Waals surface area contributed by atoms with Crippen LogP contribution in [0.5, 0.6) is 0 Å². The van der Waals surface area contributed by atoms with E-state index in [9.17, 15) is 14.4 Å². The van der Waals surface area contributed by atoms with Crippen molar-refractivity contribution in [2.45, 2.75) is 42.5 Å². The van der Waals surface area contributed by atoms with Gasteiger partial charge in [-0.05, 0) is 33.5 Å². The van der Waals surface area contributed by atoms with Crippen molar-refractivity contribution in [3.05, 3.63) is 35.9 Å². The van der Waals surface area contributed by atoms with Crippen LogP contribution in [-0.4, -0.2) is 77.0 Å². The zero-order valence-corrected chi connectivity index (χ0v) is 17.5. The quantitative estimate of drug-likeness (QED) is 0.536. The number of carbonyl (C=O) groups is 3. The second-order valence-corrected chi connectivity index (χ2v) is 9.71. The summed E-state index contributed by atoms with van der Waals surface area (Å²) >= 11 is 1.53. The van der Waals surface area contributed by atoms with Crippen LogP contribution in [0.1, 0.15) is 19.4 Å². The van der Waals surface area contributed by atoms with Crippen LogP contribution in [0.15, 0.2) is 30.3 Å². The maximum absolute atomic E-state index is 12.7. The molecule has 2 aliphatic rings. The molecule has 0 radical (unpaired) electrons. The molecule has 2 saturated heterocycles. The van der Waals surface area contributed by atoms with Crippen molar-refractivity contribution in [3.8, 4) is 0 Å². The van der Waals surface area contributed by atoms with Gasteiger partial charge in [0.05, 0.1) is 6.42 Å². The number of rotatable bonds is 7. The predicted octanol–water partition coefficient (Wildman–Crippen LogP) is 0.881. The highest BCUT2D eigenvalue weighted by Crippen LogP contribution is 2.51. The molecule has 28 heavy (non-hydrogen) atoms. The second-order valence-electron chi connectivity index (χ2n) is 7.94. The summed E-state index contributed by atoms with van der Waals surface area (Å²) in [4.78, 5) is 41.1. The summed E-state index contributed by atoms with van der Waals surface area (Å²) in [7, 11) is 3.81. The summed E-state index contributed by atoms with van der Waals surface area (Å²) in [6, 6.07) is 8.16. The summed E-state index contributed by atoms with van der Waals surface area (Å²) < 4.78 is 4.92. The zero-order valence-electron chi connectivity index (χ0n) is 16.7. The minimum absolute atomic E-state index is 0.195. The molecule has 0 bridgehead atoms. The van der Waals surface area contributed by atoms with Crippen molar-refractivity contribution in [2.75, 3.05) is 27.2 Å². The molecule has 2 fully saturated rings. The number of ether oxygens (including phenoxy) is 1. The van der Waals surface area contributed by atoms with Crippen molar-refractivity contribution in [1.82, 2.24) is 15.1 Å². The molecule has 1 aromatic rings. The van der Waals surface area contributed by atoms with Crippen LogP contribution in [0.4, 0.5) is 0 Å². The molecular formula is C20H27N3O4S. The van der Waals surface area contributed by atoms with Crippen molar-refractivity contribution in [1.29, 1.82) is 0 Å². The Morgan fingerprint density at radius 2 is 1.93 bits per heavy atom. The lowest BCUT2D eigenvalue weighted by molar-refractivity contribution is -0.164. The minimum Gasteiger partial charge on any atom is -0.463 e. The fourth-order valence-corrected chi connectivity index (χ4v) is 5.16. The third kappa shape index (κ3) is 4.17. The largest absolute Gasteiger partial charge is 0.463 e. The number of thioether (sulfide) groups is 1. The van der Waals surface area contributed by atoms with Crippen LogP contribution in [0.2, 0.25) is 0 Å². The van der Waals surface area contributed by atoms with Crippen molar-refractivity contribution >= 4 is 29.5 Å². The number of carbonyl (C=O) groups excluding carboxylic acids is 3. The van der Waals surface area contributed by atoms with Crippen LogP contribution in [-0.2, 0) is 25.5 Å². The van der Waals surface area contributed by atoms with E-state index < -0.39 is 16.8 Å². The average Bonchev–Trinajstić information content (AvgIpc) is 2.88. The highest BCUT2D eigenvalue weighted by atomic mass is 32.2. The fourth-order valence-electron chi connectivity index (χ4n) is 3.54. The van der Waals surface area contributed by atoms with Gasteiger partial charge in [-0.2, -0.15) is 0 Å². The van der Waals surface area contributed by atoms with Crippen molar-refractivity contribution in [3.63, 3.8) is 0 Å². The Morgan fingerprint density at radius 1 is 1.25 bits per heavy atom.